The van der Waals surface area contributed by atoms with E-state index < -0.39 is 63.0 Å². The topological polar surface area (TPSA) is 157 Å². The van der Waals surface area contributed by atoms with Gasteiger partial charge in [-0.05, 0) is 191 Å². The summed E-state index contributed by atoms with van der Waals surface area (Å²) in [6.07, 6.45) is 17.6. The van der Waals surface area contributed by atoms with Crippen LogP contribution < -0.4 is 5.32 Å². The first-order valence-electron chi connectivity index (χ1n) is 29.0. The average Bonchev–Trinajstić information content (AvgIpc) is 4.18. The summed E-state index contributed by atoms with van der Waals surface area (Å²) in [6.45, 7) is 2.31. The van der Waals surface area contributed by atoms with Crippen LogP contribution in [0.15, 0.2) is 60.2 Å². The Morgan fingerprint density at radius 3 is 2.44 bits per heavy atom. The SMILES string of the molecule is CN[C@@H]1Cc2c(cccc2CO)C#CCC[C@]23CC[C@H]4[C@@](O)(C[C@@H]5C[C@@H]([C@@H](C)C6CCCC6)CC[C@H]6[C@@H](O)[C@@]7(CC[C@@H]8C[C@@H](c9ccccc9)CC[C@H]87)C[C@@]4(C=O)[C@]56O)[C@@]2(O)C[C@@H]2C[C@@H]1[C@H]1OC(=O)C=C1[C@@H]23. The first kappa shape index (κ1) is 48.3. The summed E-state index contributed by atoms with van der Waals surface area (Å²) in [5, 5.41) is 71.6. The molecule has 0 unspecified atom stereocenters. The van der Waals surface area contributed by atoms with Gasteiger partial charge >= 0.3 is 5.97 Å². The molecule has 9 heteroatoms. The number of rotatable bonds is 6. The number of ether oxygens (including phenoxy) is 1. The van der Waals surface area contributed by atoms with Crippen LogP contribution in [0.3, 0.4) is 0 Å². The molecular formula is C63H81NO8. The van der Waals surface area contributed by atoms with Crippen molar-refractivity contribution in [2.24, 2.45) is 81.3 Å². The number of esters is 1. The lowest BCUT2D eigenvalue weighted by Gasteiger charge is -2.74. The predicted molar refractivity (Wildman–Crippen MR) is 274 cm³/mol. The third kappa shape index (κ3) is 6.41. The molecule has 9 nitrogen and oxygen atoms in total. The zero-order valence-corrected chi connectivity index (χ0v) is 43.0. The molecule has 9 saturated carbocycles. The van der Waals surface area contributed by atoms with E-state index in [4.69, 9.17) is 4.74 Å². The Bertz CT molecular complexity index is 2560. The lowest BCUT2D eigenvalue weighted by Crippen LogP contribution is -2.82. The predicted octanol–water partition coefficient (Wildman–Crippen LogP) is 8.74. The van der Waals surface area contributed by atoms with E-state index in [9.17, 15) is 30.3 Å². The number of aliphatic hydroxyl groups excluding tert-OH is 2. The number of carbonyl (C=O) groups excluding carboxylic acids is 2. The van der Waals surface area contributed by atoms with Crippen LogP contribution in [0.5, 0.6) is 0 Å². The second-order valence-corrected chi connectivity index (χ2v) is 26.5. The monoisotopic (exact) mass is 980 g/mol. The van der Waals surface area contributed by atoms with Crippen LogP contribution in [-0.4, -0.2) is 79.9 Å². The number of benzene rings is 2. The number of hydrogen-bond acceptors (Lipinski definition) is 9. The molecule has 0 amide bonds. The normalized spacial score (nSPS) is 48.3. The van der Waals surface area contributed by atoms with Gasteiger partial charge in [0.05, 0.1) is 29.3 Å². The van der Waals surface area contributed by atoms with E-state index in [0.717, 1.165) is 67.1 Å². The van der Waals surface area contributed by atoms with Gasteiger partial charge < -0.3 is 40.4 Å². The Labute approximate surface area is 427 Å². The van der Waals surface area contributed by atoms with E-state index in [0.29, 0.717) is 87.9 Å². The minimum atomic E-state index is -1.74. The van der Waals surface area contributed by atoms with E-state index in [-0.39, 0.29) is 54.6 Å². The highest BCUT2D eigenvalue weighted by Crippen LogP contribution is 2.80. The maximum absolute atomic E-state index is 15.3. The van der Waals surface area contributed by atoms with Gasteiger partial charge in [0.15, 0.2) is 0 Å². The van der Waals surface area contributed by atoms with Crippen molar-refractivity contribution in [3.63, 3.8) is 0 Å². The van der Waals surface area contributed by atoms with Crippen LogP contribution in [0.2, 0.25) is 0 Å². The standard InChI is InChI=1S/C63H81NO8/c1-37(38-11-6-7-12-38)41-18-21-51-57(68)58(25-22-43-27-42(19-20-50(43)58)39-13-4-3-5-14-39)35-60(36-66)53-23-26-59-24-9-8-15-40-16-10-17-44(34-65)47(40)30-52(64-2)48-29-45(55(59)49-31-54(67)72-56(48)49)32-62(59,70)61(53,69)33-46(28-41)63(51,60)71/h3-5,10,13-14,16-17,31,36-38,41-43,45-46,48,50-53,55-57,64-65,68-71H,6-7,9,11-12,18-30,32-35H2,1-2H3/t37-,41-,42-,43+,45-,46-,48-,50+,51-,52+,53+,55+,56+,57+,58-,59+,60-,61-,62+,63-/m0/s1. The Balaban J connectivity index is 0.957. The quantitative estimate of drug-likeness (QED) is 0.0947. The van der Waals surface area contributed by atoms with Crippen LogP contribution in [-0.2, 0) is 27.4 Å². The Morgan fingerprint density at radius 2 is 1.67 bits per heavy atom. The Hall–Kier alpha value is -3.36. The number of likely N-dealkylation sites (N-methyl/N-ethyl adjacent to an activating group) is 1. The molecule has 20 atom stereocenters. The second-order valence-electron chi connectivity index (χ2n) is 26.5. The average molecular weight is 980 g/mol. The maximum atomic E-state index is 15.3. The molecule has 4 bridgehead atoms. The summed E-state index contributed by atoms with van der Waals surface area (Å²) in [6, 6.07) is 16.7. The Kier molecular flexibility index (Phi) is 11.6. The summed E-state index contributed by atoms with van der Waals surface area (Å²) < 4.78 is 6.38. The third-order valence-electron chi connectivity index (χ3n) is 24.7. The van der Waals surface area contributed by atoms with Gasteiger partial charge in [-0.15, -0.1) is 0 Å². The van der Waals surface area contributed by atoms with Crippen LogP contribution in [0.4, 0.5) is 0 Å². The molecule has 11 aliphatic carbocycles. The van der Waals surface area contributed by atoms with Crippen LogP contribution in [0, 0.1) is 93.2 Å². The highest BCUT2D eigenvalue weighted by molar-refractivity contribution is 5.86. The van der Waals surface area contributed by atoms with Crippen molar-refractivity contribution >= 4 is 12.3 Å². The third-order valence-corrected chi connectivity index (χ3v) is 24.7. The van der Waals surface area contributed by atoms with Gasteiger partial charge in [-0.3, -0.25) is 0 Å². The van der Waals surface area contributed by atoms with E-state index in [1.165, 1.54) is 31.2 Å². The van der Waals surface area contributed by atoms with Gasteiger partial charge in [-0.1, -0.05) is 86.9 Å². The van der Waals surface area contributed by atoms with Crippen LogP contribution in [0.1, 0.15) is 164 Å². The molecule has 9 fully saturated rings. The molecule has 2 spiro atoms. The van der Waals surface area contributed by atoms with Gasteiger partial charge in [0.25, 0.3) is 0 Å². The lowest BCUT2D eigenvalue weighted by atomic mass is 9.33. The number of aliphatic hydroxyl groups is 5. The number of hydrogen-bond donors (Lipinski definition) is 6. The fourth-order valence-electron chi connectivity index (χ4n) is 21.8. The zero-order valence-electron chi connectivity index (χ0n) is 43.0. The lowest BCUT2D eigenvalue weighted by molar-refractivity contribution is -0.357. The van der Waals surface area contributed by atoms with Gasteiger partial charge in [-0.2, -0.15) is 0 Å². The first-order valence-corrected chi connectivity index (χ1v) is 29.0. The molecule has 72 heavy (non-hydrogen) atoms. The van der Waals surface area contributed by atoms with Crippen molar-refractivity contribution in [1.82, 2.24) is 5.32 Å². The minimum Gasteiger partial charge on any atom is -0.454 e. The fourth-order valence-corrected chi connectivity index (χ4v) is 21.8. The highest BCUT2D eigenvalue weighted by atomic mass is 16.5. The van der Waals surface area contributed by atoms with Gasteiger partial charge in [0.1, 0.15) is 18.0 Å². The number of fused-ring (bicyclic) bond motifs is 8. The van der Waals surface area contributed by atoms with Crippen molar-refractivity contribution in [1.29, 1.82) is 0 Å². The van der Waals surface area contributed by atoms with Crippen molar-refractivity contribution in [3.05, 3.63) is 82.4 Å². The van der Waals surface area contributed by atoms with Gasteiger partial charge in [-0.25, -0.2) is 4.79 Å². The van der Waals surface area contributed by atoms with Crippen molar-refractivity contribution < 1.29 is 39.9 Å². The molecule has 1 aliphatic heterocycles. The number of nitrogens with one attached hydrogen (secondary N) is 1. The van der Waals surface area contributed by atoms with Gasteiger partial charge in [0.2, 0.25) is 0 Å². The van der Waals surface area contributed by atoms with E-state index in [1.54, 1.807) is 6.08 Å². The number of aldehydes is 1. The van der Waals surface area contributed by atoms with Crippen molar-refractivity contribution in [2.75, 3.05) is 7.05 Å². The molecule has 0 aromatic heterocycles. The molecule has 1 heterocycles. The van der Waals surface area contributed by atoms with E-state index in [2.05, 4.69) is 54.4 Å². The fraction of sp³-hybridized carbons (Fsp3) is 0.714. The summed E-state index contributed by atoms with van der Waals surface area (Å²) in [5.74, 6) is 6.83. The highest BCUT2D eigenvalue weighted by Gasteiger charge is 2.85. The summed E-state index contributed by atoms with van der Waals surface area (Å²) in [7, 11) is 1.96. The summed E-state index contributed by atoms with van der Waals surface area (Å²) in [4.78, 5) is 29.0. The summed E-state index contributed by atoms with van der Waals surface area (Å²) in [5.41, 5.74) is -2.80. The number of carbonyl (C=O) groups is 2. The smallest absolute Gasteiger partial charge is 0.331 e. The van der Waals surface area contributed by atoms with E-state index in [1.807, 2.05) is 25.2 Å². The largest absolute Gasteiger partial charge is 0.454 e. The molecule has 0 saturated heterocycles. The second kappa shape index (κ2) is 17.3. The van der Waals surface area contributed by atoms with Crippen molar-refractivity contribution in [3.8, 4) is 11.8 Å². The molecule has 386 valence electrons. The van der Waals surface area contributed by atoms with Crippen LogP contribution >= 0.6 is 0 Å². The molecule has 12 aliphatic rings. The molecule has 0 radical (unpaired) electrons. The van der Waals surface area contributed by atoms with Crippen molar-refractivity contribution in [2.45, 2.75) is 189 Å². The van der Waals surface area contributed by atoms with Gasteiger partial charge in [0, 0.05) is 52.7 Å². The molecule has 2 aromatic carbocycles. The molecule has 14 rings (SSSR count). The first-order chi connectivity index (χ1) is 34.8. The molecule has 2 aromatic rings. The molecular weight excluding hydrogens is 899 g/mol. The molecule has 6 N–H and O–H groups in total. The Morgan fingerprint density at radius 1 is 0.861 bits per heavy atom. The minimum absolute atomic E-state index is 0.0863. The van der Waals surface area contributed by atoms with Crippen LogP contribution in [0.25, 0.3) is 0 Å². The maximum Gasteiger partial charge on any atom is 0.331 e. The zero-order chi connectivity index (χ0) is 49.6. The van der Waals surface area contributed by atoms with E-state index >= 15 is 4.79 Å². The summed E-state index contributed by atoms with van der Waals surface area (Å²) >= 11 is 0.